The number of halogens is 2. The van der Waals surface area contributed by atoms with Crippen molar-refractivity contribution in [2.24, 2.45) is 5.92 Å². The molecule has 2 rings (SSSR count). The molecular formula is C16H24F2N2. The average Bonchev–Trinajstić information content (AvgIpc) is 2.38. The minimum absolute atomic E-state index is 0.511. The first-order valence-corrected chi connectivity index (χ1v) is 7.51. The Balaban J connectivity index is 1.69. The molecule has 1 unspecified atom stereocenters. The molecule has 0 saturated carbocycles. The van der Waals surface area contributed by atoms with Crippen LogP contribution in [0.25, 0.3) is 0 Å². The number of likely N-dealkylation sites (tertiary alicyclic amines) is 1. The van der Waals surface area contributed by atoms with Gasteiger partial charge in [0.15, 0.2) is 0 Å². The largest absolute Gasteiger partial charge is 0.312 e. The van der Waals surface area contributed by atoms with Crippen LogP contribution in [0.15, 0.2) is 18.2 Å². The molecule has 0 aliphatic carbocycles. The third-order valence-corrected chi connectivity index (χ3v) is 3.76. The molecule has 1 N–H and O–H groups in total. The van der Waals surface area contributed by atoms with E-state index in [1.807, 2.05) is 0 Å². The normalized spacial score (nSPS) is 18.1. The van der Waals surface area contributed by atoms with Crippen molar-refractivity contribution >= 4 is 0 Å². The second-order valence-electron chi connectivity index (χ2n) is 5.88. The van der Waals surface area contributed by atoms with Gasteiger partial charge in [0, 0.05) is 19.2 Å². The highest BCUT2D eigenvalue weighted by atomic mass is 19.1. The number of rotatable bonds is 6. The summed E-state index contributed by atoms with van der Waals surface area (Å²) in [4.78, 5) is 2.51. The van der Waals surface area contributed by atoms with Crippen LogP contribution in [0.1, 0.15) is 31.7 Å². The zero-order valence-corrected chi connectivity index (χ0v) is 12.2. The van der Waals surface area contributed by atoms with Gasteiger partial charge in [0.25, 0.3) is 0 Å². The van der Waals surface area contributed by atoms with E-state index < -0.39 is 11.6 Å². The van der Waals surface area contributed by atoms with Crippen LogP contribution in [0.5, 0.6) is 0 Å². The van der Waals surface area contributed by atoms with Crippen molar-refractivity contribution in [2.45, 2.75) is 32.7 Å². The summed E-state index contributed by atoms with van der Waals surface area (Å²) < 4.78 is 26.1. The van der Waals surface area contributed by atoms with E-state index in [2.05, 4.69) is 17.1 Å². The number of piperidine rings is 1. The first kappa shape index (κ1) is 15.4. The maximum Gasteiger partial charge on any atom is 0.126 e. The van der Waals surface area contributed by atoms with Crippen LogP contribution < -0.4 is 5.32 Å². The van der Waals surface area contributed by atoms with Crippen LogP contribution in [0, 0.1) is 17.6 Å². The first-order valence-electron chi connectivity index (χ1n) is 7.51. The molecule has 2 nitrogen and oxygen atoms in total. The summed E-state index contributed by atoms with van der Waals surface area (Å²) in [6, 6.07) is 3.67. The molecule has 0 aromatic heterocycles. The topological polar surface area (TPSA) is 15.3 Å². The van der Waals surface area contributed by atoms with Crippen LogP contribution in [-0.2, 0) is 6.54 Å². The summed E-state index contributed by atoms with van der Waals surface area (Å²) in [5.41, 5.74) is 0.660. The van der Waals surface area contributed by atoms with Crippen molar-refractivity contribution in [2.75, 3.05) is 26.2 Å². The highest BCUT2D eigenvalue weighted by Crippen LogP contribution is 2.11. The van der Waals surface area contributed by atoms with Gasteiger partial charge in [0.05, 0.1) is 0 Å². The van der Waals surface area contributed by atoms with E-state index in [1.165, 1.54) is 44.5 Å². The monoisotopic (exact) mass is 282 g/mol. The van der Waals surface area contributed by atoms with Gasteiger partial charge < -0.3 is 10.2 Å². The van der Waals surface area contributed by atoms with Crippen LogP contribution in [0.4, 0.5) is 8.78 Å². The molecule has 0 amide bonds. The Bertz CT molecular complexity index is 397. The molecule has 1 aromatic rings. The third kappa shape index (κ3) is 5.17. The maximum atomic E-state index is 13.0. The van der Waals surface area contributed by atoms with Crippen LogP contribution in [-0.4, -0.2) is 31.1 Å². The molecule has 1 aromatic carbocycles. The fraction of sp³-hybridized carbons (Fsp3) is 0.625. The standard InChI is InChI=1S/C16H24F2N2/c1-13(12-20-5-3-2-4-6-20)10-19-11-14-7-15(17)9-16(18)8-14/h7-9,13,19H,2-6,10-12H2,1H3. The average molecular weight is 282 g/mol. The highest BCUT2D eigenvalue weighted by molar-refractivity contribution is 5.17. The van der Waals surface area contributed by atoms with Crippen LogP contribution in [0.2, 0.25) is 0 Å². The minimum atomic E-state index is -0.511. The van der Waals surface area contributed by atoms with Crippen molar-refractivity contribution in [3.63, 3.8) is 0 Å². The molecule has 1 fully saturated rings. The van der Waals surface area contributed by atoms with E-state index in [4.69, 9.17) is 0 Å². The molecule has 1 aliphatic rings. The molecule has 0 spiro atoms. The third-order valence-electron chi connectivity index (χ3n) is 3.76. The summed E-state index contributed by atoms with van der Waals surface area (Å²) in [5.74, 6) is -0.474. The summed E-state index contributed by atoms with van der Waals surface area (Å²) in [6.07, 6.45) is 3.97. The van der Waals surface area contributed by atoms with Gasteiger partial charge in [-0.2, -0.15) is 0 Å². The zero-order valence-electron chi connectivity index (χ0n) is 12.2. The van der Waals surface area contributed by atoms with Gasteiger partial charge in [-0.25, -0.2) is 8.78 Å². The van der Waals surface area contributed by atoms with Gasteiger partial charge in [0.2, 0.25) is 0 Å². The van der Waals surface area contributed by atoms with Crippen molar-refractivity contribution in [3.05, 3.63) is 35.4 Å². The fourth-order valence-electron chi connectivity index (χ4n) is 2.82. The Kier molecular flexibility index (Phi) is 5.92. The van der Waals surface area contributed by atoms with E-state index >= 15 is 0 Å². The Morgan fingerprint density at radius 3 is 2.40 bits per heavy atom. The first-order chi connectivity index (χ1) is 9.63. The highest BCUT2D eigenvalue weighted by Gasteiger charge is 2.13. The molecule has 1 aliphatic heterocycles. The lowest BCUT2D eigenvalue weighted by Crippen LogP contribution is -2.36. The summed E-state index contributed by atoms with van der Waals surface area (Å²) in [6.45, 7) is 7.12. The lowest BCUT2D eigenvalue weighted by atomic mass is 10.1. The molecule has 4 heteroatoms. The van der Waals surface area contributed by atoms with Crippen molar-refractivity contribution in [3.8, 4) is 0 Å². The number of nitrogens with zero attached hydrogens (tertiary/aromatic N) is 1. The summed E-state index contributed by atoms with van der Waals surface area (Å²) in [7, 11) is 0. The molecule has 0 radical (unpaired) electrons. The molecule has 0 bridgehead atoms. The van der Waals surface area contributed by atoms with Gasteiger partial charge in [-0.15, -0.1) is 0 Å². The summed E-state index contributed by atoms with van der Waals surface area (Å²) >= 11 is 0. The molecule has 1 saturated heterocycles. The van der Waals surface area contributed by atoms with Gasteiger partial charge in [-0.1, -0.05) is 13.3 Å². The smallest absolute Gasteiger partial charge is 0.126 e. The number of nitrogens with one attached hydrogen (secondary N) is 1. The lowest BCUT2D eigenvalue weighted by Gasteiger charge is -2.29. The molecule has 20 heavy (non-hydrogen) atoms. The number of hydrogen-bond donors (Lipinski definition) is 1. The molecular weight excluding hydrogens is 258 g/mol. The van der Waals surface area contributed by atoms with Crippen LogP contribution >= 0.6 is 0 Å². The lowest BCUT2D eigenvalue weighted by molar-refractivity contribution is 0.199. The van der Waals surface area contributed by atoms with E-state index in [0.29, 0.717) is 18.0 Å². The number of hydrogen-bond acceptors (Lipinski definition) is 2. The second kappa shape index (κ2) is 7.70. The Hall–Kier alpha value is -1.00. The van der Waals surface area contributed by atoms with Gasteiger partial charge in [-0.3, -0.25) is 0 Å². The van der Waals surface area contributed by atoms with E-state index in [9.17, 15) is 8.78 Å². The molecule has 112 valence electrons. The van der Waals surface area contributed by atoms with Crippen molar-refractivity contribution in [1.82, 2.24) is 10.2 Å². The molecule has 1 heterocycles. The van der Waals surface area contributed by atoms with Crippen molar-refractivity contribution < 1.29 is 8.78 Å². The number of benzene rings is 1. The SMILES string of the molecule is CC(CNCc1cc(F)cc(F)c1)CN1CCCCC1. The summed E-state index contributed by atoms with van der Waals surface area (Å²) in [5, 5.41) is 3.29. The Morgan fingerprint density at radius 1 is 1.10 bits per heavy atom. The van der Waals surface area contributed by atoms with E-state index in [1.54, 1.807) is 0 Å². The predicted octanol–water partition coefficient (Wildman–Crippen LogP) is 3.18. The van der Waals surface area contributed by atoms with Gasteiger partial charge >= 0.3 is 0 Å². The predicted molar refractivity (Wildman–Crippen MR) is 77.5 cm³/mol. The van der Waals surface area contributed by atoms with Gasteiger partial charge in [-0.05, 0) is 56.1 Å². The van der Waals surface area contributed by atoms with E-state index in [-0.39, 0.29) is 0 Å². The van der Waals surface area contributed by atoms with Crippen LogP contribution in [0.3, 0.4) is 0 Å². The Morgan fingerprint density at radius 2 is 1.75 bits per heavy atom. The molecule has 1 atom stereocenters. The van der Waals surface area contributed by atoms with Gasteiger partial charge in [0.1, 0.15) is 11.6 Å². The fourth-order valence-corrected chi connectivity index (χ4v) is 2.82. The quantitative estimate of drug-likeness (QED) is 0.862. The maximum absolute atomic E-state index is 13.0. The van der Waals surface area contributed by atoms with Crippen molar-refractivity contribution in [1.29, 1.82) is 0 Å². The van der Waals surface area contributed by atoms with E-state index in [0.717, 1.165) is 19.2 Å². The minimum Gasteiger partial charge on any atom is -0.312 e. The zero-order chi connectivity index (χ0) is 14.4. The second-order valence-corrected chi connectivity index (χ2v) is 5.88. The Labute approximate surface area is 120 Å².